The molecule has 17 heavy (non-hydrogen) atoms. The number of carbonyl (C=O) groups is 1. The number of hydrogen-bond acceptors (Lipinski definition) is 3. The molecule has 0 aliphatic rings. The maximum atomic E-state index is 11.5. The lowest BCUT2D eigenvalue weighted by molar-refractivity contribution is -0.116. The highest BCUT2D eigenvalue weighted by Crippen LogP contribution is 2.10. The number of anilines is 1. The first-order valence-corrected chi connectivity index (χ1v) is 5.90. The zero-order chi connectivity index (χ0) is 12.5. The fraction of sp³-hybridized carbons (Fsp3) is 0.462. The number of nitrogens with one attached hydrogen (secondary N) is 2. The van der Waals surface area contributed by atoms with E-state index < -0.39 is 0 Å². The van der Waals surface area contributed by atoms with E-state index in [2.05, 4.69) is 10.6 Å². The van der Waals surface area contributed by atoms with Gasteiger partial charge in [0, 0.05) is 18.7 Å². The van der Waals surface area contributed by atoms with Gasteiger partial charge in [-0.25, -0.2) is 0 Å². The van der Waals surface area contributed by atoms with Crippen molar-refractivity contribution < 1.29 is 9.90 Å². The van der Waals surface area contributed by atoms with Gasteiger partial charge >= 0.3 is 0 Å². The summed E-state index contributed by atoms with van der Waals surface area (Å²) in [6.07, 6.45) is 2.01. The third-order valence-electron chi connectivity index (χ3n) is 2.47. The number of benzene rings is 1. The summed E-state index contributed by atoms with van der Waals surface area (Å²) in [7, 11) is 1.87. The molecule has 1 rings (SSSR count). The predicted molar refractivity (Wildman–Crippen MR) is 69.0 cm³/mol. The molecule has 4 heteroatoms. The Hall–Kier alpha value is -1.39. The first-order valence-electron chi connectivity index (χ1n) is 5.90. The van der Waals surface area contributed by atoms with Gasteiger partial charge in [0.1, 0.15) is 0 Å². The molecule has 1 aromatic carbocycles. The second-order valence-electron chi connectivity index (χ2n) is 3.93. The van der Waals surface area contributed by atoms with Crippen LogP contribution in [0.4, 0.5) is 5.69 Å². The molecule has 0 fully saturated rings. The lowest BCUT2D eigenvalue weighted by Gasteiger charge is -2.06. The summed E-state index contributed by atoms with van der Waals surface area (Å²) in [6.45, 7) is 0.999. The summed E-state index contributed by atoms with van der Waals surface area (Å²) >= 11 is 0. The summed E-state index contributed by atoms with van der Waals surface area (Å²) in [5.41, 5.74) is 1.88. The standard InChI is InChI=1S/C13H20N2O2/c1-14-9-2-3-13(17)15-12-6-4-11(5-7-12)8-10-16/h4-7,14,16H,2-3,8-10H2,1H3,(H,15,17). The van der Waals surface area contributed by atoms with Crippen molar-refractivity contribution in [1.29, 1.82) is 0 Å². The van der Waals surface area contributed by atoms with E-state index in [4.69, 9.17) is 5.11 Å². The number of hydrogen-bond donors (Lipinski definition) is 3. The average Bonchev–Trinajstić information content (AvgIpc) is 2.32. The Kier molecular flexibility index (Phi) is 6.29. The van der Waals surface area contributed by atoms with Gasteiger partial charge in [-0.1, -0.05) is 12.1 Å². The van der Waals surface area contributed by atoms with Gasteiger partial charge in [0.25, 0.3) is 0 Å². The quantitative estimate of drug-likeness (QED) is 0.623. The number of rotatable bonds is 7. The first-order chi connectivity index (χ1) is 8.26. The molecule has 0 bridgehead atoms. The van der Waals surface area contributed by atoms with Gasteiger partial charge in [-0.15, -0.1) is 0 Å². The molecule has 1 aromatic rings. The molecule has 0 atom stereocenters. The van der Waals surface area contributed by atoms with Crippen molar-refractivity contribution in [2.45, 2.75) is 19.3 Å². The van der Waals surface area contributed by atoms with Crippen molar-refractivity contribution >= 4 is 11.6 Å². The van der Waals surface area contributed by atoms with Crippen LogP contribution in [-0.2, 0) is 11.2 Å². The number of aliphatic hydroxyl groups is 1. The highest BCUT2D eigenvalue weighted by atomic mass is 16.2. The van der Waals surface area contributed by atoms with E-state index in [-0.39, 0.29) is 12.5 Å². The zero-order valence-corrected chi connectivity index (χ0v) is 10.2. The predicted octanol–water partition coefficient (Wildman–Crippen LogP) is 1.16. The van der Waals surface area contributed by atoms with Gasteiger partial charge in [-0.3, -0.25) is 4.79 Å². The minimum Gasteiger partial charge on any atom is -0.396 e. The van der Waals surface area contributed by atoms with E-state index in [1.54, 1.807) is 0 Å². The van der Waals surface area contributed by atoms with Crippen LogP contribution in [0.3, 0.4) is 0 Å². The Morgan fingerprint density at radius 3 is 2.59 bits per heavy atom. The molecular formula is C13H20N2O2. The largest absolute Gasteiger partial charge is 0.396 e. The zero-order valence-electron chi connectivity index (χ0n) is 10.2. The third kappa shape index (κ3) is 5.47. The van der Waals surface area contributed by atoms with Crippen LogP contribution in [0, 0.1) is 0 Å². The van der Waals surface area contributed by atoms with E-state index in [0.29, 0.717) is 12.8 Å². The van der Waals surface area contributed by atoms with E-state index in [1.807, 2.05) is 31.3 Å². The molecule has 94 valence electrons. The highest BCUT2D eigenvalue weighted by molar-refractivity contribution is 5.90. The van der Waals surface area contributed by atoms with Crippen LogP contribution in [-0.4, -0.2) is 31.2 Å². The van der Waals surface area contributed by atoms with E-state index >= 15 is 0 Å². The molecule has 0 saturated heterocycles. The smallest absolute Gasteiger partial charge is 0.224 e. The van der Waals surface area contributed by atoms with Gasteiger partial charge in [-0.05, 0) is 44.1 Å². The molecule has 0 heterocycles. The van der Waals surface area contributed by atoms with Crippen molar-refractivity contribution in [3.63, 3.8) is 0 Å². The Morgan fingerprint density at radius 1 is 1.29 bits per heavy atom. The monoisotopic (exact) mass is 236 g/mol. The molecule has 0 unspecified atom stereocenters. The molecule has 4 nitrogen and oxygen atoms in total. The molecular weight excluding hydrogens is 216 g/mol. The number of amides is 1. The van der Waals surface area contributed by atoms with Gasteiger partial charge in [0.15, 0.2) is 0 Å². The minimum atomic E-state index is 0.0372. The van der Waals surface area contributed by atoms with E-state index in [0.717, 1.165) is 24.2 Å². The molecule has 0 saturated carbocycles. The Morgan fingerprint density at radius 2 is 2.00 bits per heavy atom. The molecule has 0 radical (unpaired) electrons. The van der Waals surface area contributed by atoms with E-state index in [9.17, 15) is 4.79 Å². The van der Waals surface area contributed by atoms with Gasteiger partial charge in [-0.2, -0.15) is 0 Å². The van der Waals surface area contributed by atoms with Crippen LogP contribution in [0.15, 0.2) is 24.3 Å². The molecule has 0 aliphatic heterocycles. The van der Waals surface area contributed by atoms with Crippen LogP contribution in [0.5, 0.6) is 0 Å². The maximum absolute atomic E-state index is 11.5. The van der Waals surface area contributed by atoms with Gasteiger partial charge < -0.3 is 15.7 Å². The molecule has 0 spiro atoms. The van der Waals surface area contributed by atoms with Crippen LogP contribution in [0.25, 0.3) is 0 Å². The fourth-order valence-corrected chi connectivity index (χ4v) is 1.53. The van der Waals surface area contributed by atoms with Crippen molar-refractivity contribution in [2.75, 3.05) is 25.5 Å². The number of carbonyl (C=O) groups excluding carboxylic acids is 1. The van der Waals surface area contributed by atoms with Gasteiger partial charge in [0.2, 0.25) is 5.91 Å². The molecule has 1 amide bonds. The average molecular weight is 236 g/mol. The lowest BCUT2D eigenvalue weighted by atomic mass is 10.1. The summed E-state index contributed by atoms with van der Waals surface area (Å²) in [5, 5.41) is 14.6. The van der Waals surface area contributed by atoms with Crippen LogP contribution < -0.4 is 10.6 Å². The minimum absolute atomic E-state index is 0.0372. The first kappa shape index (κ1) is 13.7. The maximum Gasteiger partial charge on any atom is 0.224 e. The summed E-state index contributed by atoms with van der Waals surface area (Å²) in [5.74, 6) is 0.0372. The highest BCUT2D eigenvalue weighted by Gasteiger charge is 2.01. The third-order valence-corrected chi connectivity index (χ3v) is 2.47. The Balaban J connectivity index is 2.37. The molecule has 0 aliphatic carbocycles. The van der Waals surface area contributed by atoms with E-state index in [1.165, 1.54) is 0 Å². The SMILES string of the molecule is CNCCCC(=O)Nc1ccc(CCO)cc1. The van der Waals surface area contributed by atoms with Crippen LogP contribution in [0.1, 0.15) is 18.4 Å². The second-order valence-corrected chi connectivity index (χ2v) is 3.93. The van der Waals surface area contributed by atoms with Crippen LogP contribution in [0.2, 0.25) is 0 Å². The molecule has 3 N–H and O–H groups in total. The summed E-state index contributed by atoms with van der Waals surface area (Å²) in [4.78, 5) is 11.5. The van der Waals surface area contributed by atoms with Crippen molar-refractivity contribution in [2.24, 2.45) is 0 Å². The Bertz CT molecular complexity index is 336. The lowest BCUT2D eigenvalue weighted by Crippen LogP contribution is -2.15. The fourth-order valence-electron chi connectivity index (χ4n) is 1.53. The second kappa shape index (κ2) is 7.81. The van der Waals surface area contributed by atoms with Crippen molar-refractivity contribution in [1.82, 2.24) is 5.32 Å². The molecule has 0 aromatic heterocycles. The topological polar surface area (TPSA) is 61.4 Å². The van der Waals surface area contributed by atoms with Crippen LogP contribution >= 0.6 is 0 Å². The van der Waals surface area contributed by atoms with Crippen molar-refractivity contribution in [3.8, 4) is 0 Å². The normalized spacial score (nSPS) is 10.2. The summed E-state index contributed by atoms with van der Waals surface area (Å²) < 4.78 is 0. The Labute approximate surface area is 102 Å². The van der Waals surface area contributed by atoms with Crippen molar-refractivity contribution in [3.05, 3.63) is 29.8 Å². The number of aliphatic hydroxyl groups excluding tert-OH is 1. The van der Waals surface area contributed by atoms with Gasteiger partial charge in [0.05, 0.1) is 0 Å². The summed E-state index contributed by atoms with van der Waals surface area (Å²) in [6, 6.07) is 7.56.